The van der Waals surface area contributed by atoms with Gasteiger partial charge in [-0.2, -0.15) is 0 Å². The molecule has 166 valence electrons. The molecule has 7 heteroatoms. The largest absolute Gasteiger partial charge is 0.384 e. The molecule has 7 nitrogen and oxygen atoms in total. The number of fused-ring (bicyclic) bond motifs is 1. The van der Waals surface area contributed by atoms with Crippen LogP contribution in [-0.4, -0.2) is 37.8 Å². The Morgan fingerprint density at radius 3 is 2.58 bits per heavy atom. The fourth-order valence-corrected chi connectivity index (χ4v) is 3.63. The maximum Gasteiger partial charge on any atom is 0.330 e. The summed E-state index contributed by atoms with van der Waals surface area (Å²) in [5.74, 6) is -0.375. The zero-order valence-corrected chi connectivity index (χ0v) is 19.2. The summed E-state index contributed by atoms with van der Waals surface area (Å²) >= 11 is 0. The quantitative estimate of drug-likeness (QED) is 0.637. The summed E-state index contributed by atoms with van der Waals surface area (Å²) in [6, 6.07) is 10.1. The summed E-state index contributed by atoms with van der Waals surface area (Å²) in [6.07, 6.45) is -0.365. The Hall–Kier alpha value is -2.93. The highest BCUT2D eigenvalue weighted by Gasteiger charge is 2.19. The van der Waals surface area contributed by atoms with Gasteiger partial charge in [-0.3, -0.25) is 13.9 Å². The Morgan fingerprint density at radius 2 is 1.94 bits per heavy atom. The zero-order valence-electron chi connectivity index (χ0n) is 19.2. The number of imidazole rings is 1. The molecule has 3 aromatic rings. The van der Waals surface area contributed by atoms with Crippen LogP contribution in [0.1, 0.15) is 38.8 Å². The minimum Gasteiger partial charge on any atom is -0.384 e. The lowest BCUT2D eigenvalue weighted by atomic mass is 9.97. The first-order valence-electron chi connectivity index (χ1n) is 10.6. The molecule has 1 atom stereocenters. The Bertz CT molecular complexity index is 1170. The van der Waals surface area contributed by atoms with Gasteiger partial charge in [0, 0.05) is 25.7 Å². The number of benzene rings is 1. The molecule has 0 spiro atoms. The minimum atomic E-state index is -1.01. The lowest BCUT2D eigenvalue weighted by molar-refractivity contribution is -0.128. The predicted molar refractivity (Wildman–Crippen MR) is 123 cm³/mol. The Labute approximate surface area is 182 Å². The third-order valence-electron chi connectivity index (χ3n) is 5.28. The van der Waals surface area contributed by atoms with Crippen molar-refractivity contribution < 1.29 is 9.90 Å². The summed E-state index contributed by atoms with van der Waals surface area (Å²) < 4.78 is 3.40. The van der Waals surface area contributed by atoms with E-state index in [1.807, 2.05) is 31.2 Å². The number of amides is 1. The van der Waals surface area contributed by atoms with Gasteiger partial charge in [-0.15, -0.1) is 0 Å². The van der Waals surface area contributed by atoms with Crippen molar-refractivity contribution in [3.63, 3.8) is 0 Å². The first-order valence-corrected chi connectivity index (χ1v) is 10.6. The topological polar surface area (TPSA) is 89.2 Å². The molecule has 0 aliphatic heterocycles. The number of carbonyl (C=O) groups excluding carboxylic acids is 1. The highest BCUT2D eigenvalue weighted by Crippen LogP contribution is 2.26. The molecule has 0 saturated carbocycles. The maximum absolute atomic E-state index is 12.8. The smallest absolute Gasteiger partial charge is 0.330 e. The second-order valence-corrected chi connectivity index (χ2v) is 9.39. The fourth-order valence-electron chi connectivity index (χ4n) is 3.63. The maximum atomic E-state index is 12.8. The van der Waals surface area contributed by atoms with Crippen LogP contribution in [0, 0.1) is 12.3 Å². The molecule has 0 bridgehead atoms. The number of aliphatic hydroxyl groups is 1. The number of nitrogens with zero attached hydrogens (tertiary/aromatic N) is 3. The number of pyridine rings is 1. The van der Waals surface area contributed by atoms with Crippen LogP contribution in [0.3, 0.4) is 0 Å². The summed E-state index contributed by atoms with van der Waals surface area (Å²) in [6.45, 7) is 10.9. The van der Waals surface area contributed by atoms with Crippen LogP contribution < -0.4 is 11.0 Å². The van der Waals surface area contributed by atoms with Gasteiger partial charge in [0.2, 0.25) is 5.91 Å². The SMILES string of the molecule is Cc1ccc(CCNC(=O)C(C)O)cc1-c1ccc2c(n1)n(C)c(=O)n2CC(C)(C)C. The van der Waals surface area contributed by atoms with E-state index in [-0.39, 0.29) is 17.0 Å². The van der Waals surface area contributed by atoms with E-state index in [2.05, 4.69) is 32.2 Å². The molecule has 2 heterocycles. The Balaban J connectivity index is 1.94. The average molecular weight is 425 g/mol. The fraction of sp³-hybridized carbons (Fsp3) is 0.458. The van der Waals surface area contributed by atoms with Gasteiger partial charge in [0.15, 0.2) is 5.65 Å². The van der Waals surface area contributed by atoms with Crippen molar-refractivity contribution in [1.29, 1.82) is 0 Å². The van der Waals surface area contributed by atoms with E-state index in [0.717, 1.165) is 27.9 Å². The molecule has 1 aromatic carbocycles. The number of nitrogens with one attached hydrogen (secondary N) is 1. The van der Waals surface area contributed by atoms with Crippen molar-refractivity contribution in [1.82, 2.24) is 19.4 Å². The van der Waals surface area contributed by atoms with Gasteiger partial charge in [0.05, 0.1) is 11.2 Å². The Kier molecular flexibility index (Phi) is 6.36. The third kappa shape index (κ3) is 5.05. The van der Waals surface area contributed by atoms with E-state index in [0.29, 0.717) is 25.2 Å². The van der Waals surface area contributed by atoms with Crippen molar-refractivity contribution in [2.45, 2.75) is 53.7 Å². The molecule has 1 unspecified atom stereocenters. The van der Waals surface area contributed by atoms with E-state index >= 15 is 0 Å². The van der Waals surface area contributed by atoms with Gasteiger partial charge < -0.3 is 10.4 Å². The van der Waals surface area contributed by atoms with Crippen LogP contribution in [0.2, 0.25) is 0 Å². The normalized spacial score (nSPS) is 12.9. The lowest BCUT2D eigenvalue weighted by Gasteiger charge is -2.18. The predicted octanol–water partition coefficient (Wildman–Crippen LogP) is 2.80. The molecular weight excluding hydrogens is 392 g/mol. The van der Waals surface area contributed by atoms with Gasteiger partial charge in [0.1, 0.15) is 6.10 Å². The summed E-state index contributed by atoms with van der Waals surface area (Å²) in [7, 11) is 1.76. The van der Waals surface area contributed by atoms with E-state index in [4.69, 9.17) is 4.98 Å². The highest BCUT2D eigenvalue weighted by molar-refractivity contribution is 5.80. The van der Waals surface area contributed by atoms with Crippen LogP contribution in [-0.2, 0) is 24.8 Å². The molecule has 2 N–H and O–H groups in total. The number of aliphatic hydroxyl groups excluding tert-OH is 1. The number of carbonyl (C=O) groups is 1. The molecule has 0 fully saturated rings. The second-order valence-electron chi connectivity index (χ2n) is 9.39. The molecular formula is C24H32N4O3. The molecule has 31 heavy (non-hydrogen) atoms. The molecule has 0 radical (unpaired) electrons. The number of aryl methyl sites for hydroxylation is 2. The average Bonchev–Trinajstić information content (AvgIpc) is 2.92. The summed E-state index contributed by atoms with van der Waals surface area (Å²) in [5.41, 5.74) is 5.37. The first-order chi connectivity index (χ1) is 14.5. The van der Waals surface area contributed by atoms with Crippen LogP contribution in [0.5, 0.6) is 0 Å². The molecule has 0 aliphatic rings. The van der Waals surface area contributed by atoms with Gasteiger partial charge >= 0.3 is 5.69 Å². The van der Waals surface area contributed by atoms with Crippen molar-refractivity contribution in [2.75, 3.05) is 6.54 Å². The van der Waals surface area contributed by atoms with Crippen LogP contribution in [0.25, 0.3) is 22.4 Å². The zero-order chi connectivity index (χ0) is 22.9. The molecule has 0 aliphatic carbocycles. The van der Waals surface area contributed by atoms with Crippen LogP contribution >= 0.6 is 0 Å². The van der Waals surface area contributed by atoms with Crippen LogP contribution in [0.4, 0.5) is 0 Å². The molecule has 2 aromatic heterocycles. The van der Waals surface area contributed by atoms with Gasteiger partial charge in [-0.05, 0) is 55.0 Å². The van der Waals surface area contributed by atoms with Crippen molar-refractivity contribution >= 4 is 17.1 Å². The van der Waals surface area contributed by atoms with Crippen molar-refractivity contribution in [3.05, 3.63) is 51.9 Å². The van der Waals surface area contributed by atoms with Crippen LogP contribution in [0.15, 0.2) is 35.1 Å². The summed E-state index contributed by atoms with van der Waals surface area (Å²) in [5, 5.41) is 12.0. The van der Waals surface area contributed by atoms with E-state index in [1.165, 1.54) is 6.92 Å². The van der Waals surface area contributed by atoms with Gasteiger partial charge in [-0.1, -0.05) is 32.9 Å². The lowest BCUT2D eigenvalue weighted by Crippen LogP contribution is -2.33. The summed E-state index contributed by atoms with van der Waals surface area (Å²) in [4.78, 5) is 29.2. The minimum absolute atomic E-state index is 0.0229. The standard InChI is InChI=1S/C24H32N4O3/c1-15-7-8-17(11-12-25-22(30)16(2)29)13-18(15)19-9-10-20-21(26-19)27(6)23(31)28(20)14-24(3,4)5/h7-10,13,16,29H,11-12,14H2,1-6H3,(H,25,30). The van der Waals surface area contributed by atoms with Crippen molar-refractivity contribution in [2.24, 2.45) is 12.5 Å². The molecule has 0 saturated heterocycles. The third-order valence-corrected chi connectivity index (χ3v) is 5.28. The number of aromatic nitrogens is 3. The Morgan fingerprint density at radius 1 is 1.23 bits per heavy atom. The molecule has 1 amide bonds. The number of hydrogen-bond acceptors (Lipinski definition) is 4. The number of hydrogen-bond donors (Lipinski definition) is 2. The number of rotatable bonds is 6. The van der Waals surface area contributed by atoms with Crippen molar-refractivity contribution in [3.8, 4) is 11.3 Å². The van der Waals surface area contributed by atoms with Gasteiger partial charge in [-0.25, -0.2) is 9.78 Å². The van der Waals surface area contributed by atoms with E-state index < -0.39 is 6.10 Å². The second kappa shape index (κ2) is 8.67. The highest BCUT2D eigenvalue weighted by atomic mass is 16.3. The van der Waals surface area contributed by atoms with E-state index in [9.17, 15) is 14.7 Å². The van der Waals surface area contributed by atoms with E-state index in [1.54, 1.807) is 16.2 Å². The van der Waals surface area contributed by atoms with Gasteiger partial charge in [0.25, 0.3) is 0 Å². The molecule has 3 rings (SSSR count). The first kappa shape index (κ1) is 22.7. The monoisotopic (exact) mass is 424 g/mol.